The zero-order chi connectivity index (χ0) is 13.8. The number of carbonyl (C=O) groups excluding carboxylic acids is 1. The van der Waals surface area contributed by atoms with Crippen LogP contribution in [0, 0.1) is 0 Å². The molecule has 1 aliphatic rings. The minimum absolute atomic E-state index is 0.404. The largest absolute Gasteiger partial charge is 0.372 e. The number of carbonyl (C=O) groups is 1. The second-order valence-corrected chi connectivity index (χ2v) is 4.46. The van der Waals surface area contributed by atoms with E-state index >= 15 is 0 Å². The molecule has 0 bridgehead atoms. The van der Waals surface area contributed by atoms with Gasteiger partial charge in [-0.3, -0.25) is 4.90 Å². The zero-order valence-corrected chi connectivity index (χ0v) is 11.4. The monoisotopic (exact) mass is 265 g/mol. The molecular formula is C12H19N5O2. The highest BCUT2D eigenvalue weighted by Gasteiger charge is 2.23. The van der Waals surface area contributed by atoms with Gasteiger partial charge in [0.15, 0.2) is 0 Å². The molecule has 7 heteroatoms. The Balaban J connectivity index is 2.27. The molecule has 1 aliphatic carbocycles. The van der Waals surface area contributed by atoms with Gasteiger partial charge < -0.3 is 0 Å². The van der Waals surface area contributed by atoms with Gasteiger partial charge in [-0.15, -0.1) is 4.68 Å². The van der Waals surface area contributed by atoms with Crippen LogP contribution in [0.2, 0.25) is 0 Å². The van der Waals surface area contributed by atoms with Crippen LogP contribution in [0.5, 0.6) is 0 Å². The molecule has 19 heavy (non-hydrogen) atoms. The van der Waals surface area contributed by atoms with Crippen LogP contribution in [0.3, 0.4) is 0 Å². The molecule has 1 aromatic rings. The summed E-state index contributed by atoms with van der Waals surface area (Å²) in [6.45, 7) is 4.60. The van der Waals surface area contributed by atoms with Crippen LogP contribution in [0.1, 0.15) is 39.5 Å². The van der Waals surface area contributed by atoms with Crippen molar-refractivity contribution < 1.29 is 4.79 Å². The van der Waals surface area contributed by atoms with Gasteiger partial charge in [0, 0.05) is 18.8 Å². The molecule has 0 radical (unpaired) electrons. The van der Waals surface area contributed by atoms with Crippen LogP contribution in [-0.2, 0) is 6.54 Å². The number of hydrogen-bond acceptors (Lipinski definition) is 4. The first kappa shape index (κ1) is 13.5. The van der Waals surface area contributed by atoms with Gasteiger partial charge in [0.1, 0.15) is 0 Å². The maximum atomic E-state index is 12.4. The number of nitrogens with zero attached hydrogens (tertiary/aromatic N) is 5. The fraction of sp³-hybridized carbons (Fsp3) is 0.667. The number of aromatic nitrogens is 4. The second kappa shape index (κ2) is 5.81. The maximum Gasteiger partial charge on any atom is 0.372 e. The molecule has 0 saturated heterocycles. The quantitative estimate of drug-likeness (QED) is 0.770. The van der Waals surface area contributed by atoms with Gasteiger partial charge in [-0.1, -0.05) is 6.08 Å². The number of amides is 1. The van der Waals surface area contributed by atoms with Crippen LogP contribution in [0.15, 0.2) is 16.6 Å². The van der Waals surface area contributed by atoms with E-state index in [1.54, 1.807) is 11.8 Å². The predicted molar refractivity (Wildman–Crippen MR) is 69.7 cm³/mol. The highest BCUT2D eigenvalue weighted by Crippen LogP contribution is 2.21. The van der Waals surface area contributed by atoms with Crippen molar-refractivity contribution in [2.75, 3.05) is 6.54 Å². The summed E-state index contributed by atoms with van der Waals surface area (Å²) in [5, 5.41) is 7.32. The number of aryl methyl sites for hydroxylation is 1. The molecule has 2 rings (SSSR count). The van der Waals surface area contributed by atoms with E-state index in [2.05, 4.69) is 16.5 Å². The Bertz CT molecular complexity index is 543. The van der Waals surface area contributed by atoms with Crippen molar-refractivity contribution in [2.24, 2.45) is 0 Å². The Kier molecular flexibility index (Phi) is 4.13. The van der Waals surface area contributed by atoms with Crippen molar-refractivity contribution in [3.05, 3.63) is 22.3 Å². The molecule has 0 aromatic carbocycles. The van der Waals surface area contributed by atoms with E-state index < -0.39 is 11.7 Å². The van der Waals surface area contributed by atoms with Gasteiger partial charge in [0.25, 0.3) is 0 Å². The third-order valence-electron chi connectivity index (χ3n) is 3.28. The lowest BCUT2D eigenvalue weighted by Crippen LogP contribution is -2.40. The van der Waals surface area contributed by atoms with Crippen molar-refractivity contribution in [1.29, 1.82) is 0 Å². The fourth-order valence-corrected chi connectivity index (χ4v) is 2.23. The van der Waals surface area contributed by atoms with Gasteiger partial charge in [0.05, 0.1) is 0 Å². The third kappa shape index (κ3) is 2.59. The second-order valence-electron chi connectivity index (χ2n) is 4.46. The molecule has 0 fully saturated rings. The summed E-state index contributed by atoms with van der Waals surface area (Å²) in [7, 11) is 0. The van der Waals surface area contributed by atoms with E-state index in [0.29, 0.717) is 13.1 Å². The molecule has 104 valence electrons. The fourth-order valence-electron chi connectivity index (χ4n) is 2.23. The van der Waals surface area contributed by atoms with E-state index in [1.165, 1.54) is 4.68 Å². The SMILES string of the molecule is CCN(C(=O)n1nnn(CC)c1=O)C1=CCCCC1. The van der Waals surface area contributed by atoms with Crippen LogP contribution in [0.25, 0.3) is 0 Å². The van der Waals surface area contributed by atoms with Crippen molar-refractivity contribution in [1.82, 2.24) is 24.7 Å². The average molecular weight is 265 g/mol. The van der Waals surface area contributed by atoms with Crippen molar-refractivity contribution >= 4 is 6.03 Å². The van der Waals surface area contributed by atoms with Crippen LogP contribution in [-0.4, -0.2) is 37.3 Å². The zero-order valence-electron chi connectivity index (χ0n) is 11.4. The Morgan fingerprint density at radius 3 is 2.68 bits per heavy atom. The van der Waals surface area contributed by atoms with Gasteiger partial charge >= 0.3 is 11.7 Å². The summed E-state index contributed by atoms with van der Waals surface area (Å²) in [5.41, 5.74) is 0.499. The molecule has 0 N–H and O–H groups in total. The minimum Gasteiger partial charge on any atom is -0.297 e. The van der Waals surface area contributed by atoms with Gasteiger partial charge in [0.2, 0.25) is 0 Å². The van der Waals surface area contributed by atoms with Crippen molar-refractivity contribution in [3.8, 4) is 0 Å². The molecule has 0 aliphatic heterocycles. The Morgan fingerprint density at radius 2 is 2.16 bits per heavy atom. The average Bonchev–Trinajstić information content (AvgIpc) is 2.81. The van der Waals surface area contributed by atoms with E-state index in [1.807, 2.05) is 6.92 Å². The van der Waals surface area contributed by atoms with Crippen molar-refractivity contribution in [2.45, 2.75) is 46.1 Å². The predicted octanol–water partition coefficient (Wildman–Crippen LogP) is 1.21. The molecule has 1 amide bonds. The van der Waals surface area contributed by atoms with Gasteiger partial charge in [-0.05, 0) is 50.0 Å². The number of rotatable bonds is 3. The number of allylic oxidation sites excluding steroid dienone is 2. The summed E-state index contributed by atoms with van der Waals surface area (Å²) >= 11 is 0. The molecular weight excluding hydrogens is 246 g/mol. The van der Waals surface area contributed by atoms with E-state index in [4.69, 9.17) is 0 Å². The molecule has 1 aromatic heterocycles. The molecule has 0 spiro atoms. The summed E-state index contributed by atoms with van der Waals surface area (Å²) in [4.78, 5) is 25.8. The van der Waals surface area contributed by atoms with Crippen molar-refractivity contribution in [3.63, 3.8) is 0 Å². The summed E-state index contributed by atoms with van der Waals surface area (Å²) in [6, 6.07) is -0.416. The lowest BCUT2D eigenvalue weighted by atomic mass is 10.0. The number of tetrazole rings is 1. The molecule has 1 heterocycles. The summed E-state index contributed by atoms with van der Waals surface area (Å²) < 4.78 is 2.00. The topological polar surface area (TPSA) is 73.0 Å². The van der Waals surface area contributed by atoms with Crippen LogP contribution in [0.4, 0.5) is 4.79 Å². The first-order valence-electron chi connectivity index (χ1n) is 6.72. The summed E-state index contributed by atoms with van der Waals surface area (Å²) in [5.74, 6) is 0. The van der Waals surface area contributed by atoms with Gasteiger partial charge in [-0.25, -0.2) is 9.59 Å². The van der Waals surface area contributed by atoms with E-state index in [-0.39, 0.29) is 0 Å². The highest BCUT2D eigenvalue weighted by atomic mass is 16.2. The smallest absolute Gasteiger partial charge is 0.297 e. The first-order valence-corrected chi connectivity index (χ1v) is 6.72. The van der Waals surface area contributed by atoms with Crippen LogP contribution >= 0.6 is 0 Å². The molecule has 7 nitrogen and oxygen atoms in total. The van der Waals surface area contributed by atoms with E-state index in [9.17, 15) is 9.59 Å². The minimum atomic E-state index is -0.484. The Morgan fingerprint density at radius 1 is 1.37 bits per heavy atom. The summed E-state index contributed by atoms with van der Waals surface area (Å²) in [6.07, 6.45) is 6.15. The maximum absolute atomic E-state index is 12.4. The van der Waals surface area contributed by atoms with Gasteiger partial charge in [-0.2, -0.15) is 4.68 Å². The standard InChI is InChI=1S/C12H19N5O2/c1-3-15(10-8-6-5-7-9-10)11(18)17-12(19)16(4-2)13-14-17/h8H,3-7,9H2,1-2H3. The van der Waals surface area contributed by atoms with Crippen LogP contribution < -0.4 is 5.69 Å². The van der Waals surface area contributed by atoms with E-state index in [0.717, 1.165) is 36.1 Å². The molecule has 0 unspecified atom stereocenters. The lowest BCUT2D eigenvalue weighted by molar-refractivity contribution is 0.207. The Labute approximate surface area is 111 Å². The lowest BCUT2D eigenvalue weighted by Gasteiger charge is -2.25. The first-order chi connectivity index (χ1) is 9.19. The Hall–Kier alpha value is -1.92. The number of hydrogen-bond donors (Lipinski definition) is 0. The normalized spacial score (nSPS) is 15.2. The molecule has 0 atom stereocenters. The highest BCUT2D eigenvalue weighted by molar-refractivity contribution is 5.77. The third-order valence-corrected chi connectivity index (χ3v) is 3.28. The molecule has 0 saturated carbocycles.